The lowest BCUT2D eigenvalue weighted by atomic mass is 10.2. The van der Waals surface area contributed by atoms with E-state index < -0.39 is 6.10 Å². The average Bonchev–Trinajstić information content (AvgIpc) is 2.64. The van der Waals surface area contributed by atoms with E-state index in [9.17, 15) is 4.79 Å². The average molecular weight is 312 g/mol. The minimum Gasteiger partial charge on any atom is -0.463 e. The van der Waals surface area contributed by atoms with Crippen molar-refractivity contribution in [1.82, 2.24) is 15.1 Å². The summed E-state index contributed by atoms with van der Waals surface area (Å²) in [7, 11) is 3.42. The third kappa shape index (κ3) is 2.33. The summed E-state index contributed by atoms with van der Waals surface area (Å²) in [6.07, 6.45) is -0.577. The van der Waals surface area contributed by atoms with Crippen molar-refractivity contribution in [1.29, 1.82) is 0 Å². The zero-order valence-corrected chi connectivity index (χ0v) is 12.0. The van der Waals surface area contributed by atoms with Crippen LogP contribution in [0.3, 0.4) is 0 Å². The highest BCUT2D eigenvalue weighted by atomic mass is 79.9. The number of halogens is 1. The molecule has 0 saturated carbocycles. The second-order valence-corrected chi connectivity index (χ2v) is 4.88. The van der Waals surface area contributed by atoms with Gasteiger partial charge in [-0.2, -0.15) is 0 Å². The third-order valence-corrected chi connectivity index (χ3v) is 3.18. The van der Waals surface area contributed by atoms with E-state index >= 15 is 0 Å². The molecule has 0 radical (unpaired) electrons. The van der Waals surface area contributed by atoms with Crippen LogP contribution in [0.1, 0.15) is 6.92 Å². The van der Waals surface area contributed by atoms with Crippen LogP contribution < -0.4 is 10.1 Å². The number of aryl methyl sites for hydroxylation is 1. The summed E-state index contributed by atoms with van der Waals surface area (Å²) in [6, 6.07) is 5.81. The largest absolute Gasteiger partial charge is 0.463 e. The molecular formula is C12H14BrN3O2. The number of nitrogens with zero attached hydrogens (tertiary/aromatic N) is 2. The van der Waals surface area contributed by atoms with Gasteiger partial charge in [0.05, 0.1) is 10.9 Å². The van der Waals surface area contributed by atoms with Crippen molar-refractivity contribution < 1.29 is 9.53 Å². The molecule has 1 atom stereocenters. The van der Waals surface area contributed by atoms with E-state index in [2.05, 4.69) is 26.3 Å². The van der Waals surface area contributed by atoms with Gasteiger partial charge >= 0.3 is 0 Å². The fourth-order valence-corrected chi connectivity index (χ4v) is 2.08. The molecule has 2 aromatic rings. The zero-order valence-electron chi connectivity index (χ0n) is 10.4. The molecule has 0 aliphatic carbocycles. The Bertz CT molecular complexity index is 594. The number of rotatable bonds is 3. The fraction of sp³-hybridized carbons (Fsp3) is 0.333. The normalized spacial score (nSPS) is 12.4. The summed E-state index contributed by atoms with van der Waals surface area (Å²) < 4.78 is 8.27. The van der Waals surface area contributed by atoms with Crippen LogP contribution >= 0.6 is 15.9 Å². The second-order valence-electron chi connectivity index (χ2n) is 3.96. The van der Waals surface area contributed by atoms with Gasteiger partial charge in [-0.15, -0.1) is 5.10 Å². The van der Waals surface area contributed by atoms with Gasteiger partial charge in [-0.1, -0.05) is 15.9 Å². The van der Waals surface area contributed by atoms with Crippen molar-refractivity contribution in [2.45, 2.75) is 13.0 Å². The van der Waals surface area contributed by atoms with E-state index in [1.54, 1.807) is 18.7 Å². The standard InChI is InChI=1S/C12H14BrN3O2/c1-7(11(17)14-2)18-12-9-6-8(13)4-5-10(9)16(3)15-12/h4-7H,1-3H3,(H,14,17)/t7-/m1/s1. The monoisotopic (exact) mass is 311 g/mol. The summed E-state index contributed by atoms with van der Waals surface area (Å²) in [4.78, 5) is 11.4. The van der Waals surface area contributed by atoms with E-state index in [1.165, 1.54) is 0 Å². The van der Waals surface area contributed by atoms with Crippen molar-refractivity contribution >= 4 is 32.7 Å². The van der Waals surface area contributed by atoms with Gasteiger partial charge in [0.15, 0.2) is 6.10 Å². The molecule has 0 bridgehead atoms. The van der Waals surface area contributed by atoms with E-state index in [1.807, 2.05) is 25.2 Å². The fourth-order valence-electron chi connectivity index (χ4n) is 1.72. The maximum atomic E-state index is 11.4. The van der Waals surface area contributed by atoms with Crippen molar-refractivity contribution in [3.8, 4) is 5.88 Å². The second kappa shape index (κ2) is 4.97. The van der Waals surface area contributed by atoms with Gasteiger partial charge in [0.2, 0.25) is 5.88 Å². The number of benzene rings is 1. The van der Waals surface area contributed by atoms with Crippen molar-refractivity contribution in [2.75, 3.05) is 7.05 Å². The number of carbonyl (C=O) groups is 1. The molecule has 0 saturated heterocycles. The predicted molar refractivity (Wildman–Crippen MR) is 72.6 cm³/mol. The first kappa shape index (κ1) is 12.9. The molecule has 1 heterocycles. The summed E-state index contributed by atoms with van der Waals surface area (Å²) in [5.41, 5.74) is 0.956. The maximum Gasteiger partial charge on any atom is 0.260 e. The number of hydrogen-bond acceptors (Lipinski definition) is 3. The highest BCUT2D eigenvalue weighted by molar-refractivity contribution is 9.10. The van der Waals surface area contributed by atoms with Gasteiger partial charge in [-0.05, 0) is 25.1 Å². The molecule has 0 unspecified atom stereocenters. The molecule has 5 nitrogen and oxygen atoms in total. The molecule has 1 N–H and O–H groups in total. The molecule has 96 valence electrons. The van der Waals surface area contributed by atoms with Crippen molar-refractivity contribution in [3.05, 3.63) is 22.7 Å². The molecule has 0 fully saturated rings. The van der Waals surface area contributed by atoms with E-state index in [0.717, 1.165) is 15.4 Å². The van der Waals surface area contributed by atoms with E-state index in [0.29, 0.717) is 5.88 Å². The molecule has 0 aliphatic heterocycles. The molecule has 1 aromatic heterocycles. The Morgan fingerprint density at radius 1 is 1.56 bits per heavy atom. The Hall–Kier alpha value is -1.56. The third-order valence-electron chi connectivity index (χ3n) is 2.68. The van der Waals surface area contributed by atoms with Crippen LogP contribution in [0, 0.1) is 0 Å². The van der Waals surface area contributed by atoms with Gasteiger partial charge in [0.1, 0.15) is 0 Å². The Morgan fingerprint density at radius 2 is 2.28 bits per heavy atom. The first-order valence-corrected chi connectivity index (χ1v) is 6.32. The minimum absolute atomic E-state index is 0.177. The van der Waals surface area contributed by atoms with Crippen LogP contribution in [0.25, 0.3) is 10.9 Å². The Labute approximate surface area is 113 Å². The first-order chi connectivity index (χ1) is 8.52. The lowest BCUT2D eigenvalue weighted by Crippen LogP contribution is -2.33. The zero-order chi connectivity index (χ0) is 13.3. The van der Waals surface area contributed by atoms with Gasteiger partial charge in [0, 0.05) is 18.6 Å². The van der Waals surface area contributed by atoms with Crippen LogP contribution in [0.2, 0.25) is 0 Å². The highest BCUT2D eigenvalue weighted by Gasteiger charge is 2.17. The first-order valence-electron chi connectivity index (χ1n) is 5.53. The van der Waals surface area contributed by atoms with Gasteiger partial charge in [-0.25, -0.2) is 0 Å². The van der Waals surface area contributed by atoms with Crippen molar-refractivity contribution in [2.24, 2.45) is 7.05 Å². The lowest BCUT2D eigenvalue weighted by molar-refractivity contribution is -0.126. The number of fused-ring (bicyclic) bond motifs is 1. The molecule has 1 amide bonds. The number of carbonyl (C=O) groups excluding carboxylic acids is 1. The van der Waals surface area contributed by atoms with Crippen molar-refractivity contribution in [3.63, 3.8) is 0 Å². The predicted octanol–water partition coefficient (Wildman–Crippen LogP) is 1.85. The molecule has 2 rings (SSSR count). The summed E-state index contributed by atoms with van der Waals surface area (Å²) in [5.74, 6) is 0.286. The van der Waals surface area contributed by atoms with Gasteiger partial charge < -0.3 is 10.1 Å². The smallest absolute Gasteiger partial charge is 0.260 e. The number of ether oxygens (including phenoxy) is 1. The summed E-state index contributed by atoms with van der Waals surface area (Å²) >= 11 is 3.41. The summed E-state index contributed by atoms with van der Waals surface area (Å²) in [5, 5.41) is 7.70. The SMILES string of the molecule is CNC(=O)[C@@H](C)Oc1nn(C)c2ccc(Br)cc12. The highest BCUT2D eigenvalue weighted by Crippen LogP contribution is 2.28. The quantitative estimate of drug-likeness (QED) is 0.941. The van der Waals surface area contributed by atoms with E-state index in [-0.39, 0.29) is 5.91 Å². The molecule has 1 aromatic carbocycles. The van der Waals surface area contributed by atoms with Crippen LogP contribution in [0.15, 0.2) is 22.7 Å². The molecule has 18 heavy (non-hydrogen) atoms. The van der Waals surface area contributed by atoms with Crippen LogP contribution in [0.5, 0.6) is 5.88 Å². The number of aromatic nitrogens is 2. The maximum absolute atomic E-state index is 11.4. The Morgan fingerprint density at radius 3 is 2.94 bits per heavy atom. The van der Waals surface area contributed by atoms with Crippen LogP contribution in [-0.2, 0) is 11.8 Å². The molecular weight excluding hydrogens is 298 g/mol. The number of hydrogen-bond donors (Lipinski definition) is 1. The molecule has 0 spiro atoms. The minimum atomic E-state index is -0.577. The van der Waals surface area contributed by atoms with Crippen LogP contribution in [-0.4, -0.2) is 28.8 Å². The number of nitrogens with one attached hydrogen (secondary N) is 1. The van der Waals surface area contributed by atoms with Gasteiger partial charge in [0.25, 0.3) is 5.91 Å². The lowest BCUT2D eigenvalue weighted by Gasteiger charge is -2.10. The van der Waals surface area contributed by atoms with Gasteiger partial charge in [-0.3, -0.25) is 9.48 Å². The number of amides is 1. The Kier molecular flexibility index (Phi) is 3.56. The molecule has 6 heteroatoms. The van der Waals surface area contributed by atoms with Crippen LogP contribution in [0.4, 0.5) is 0 Å². The summed E-state index contributed by atoms with van der Waals surface area (Å²) in [6.45, 7) is 1.69. The number of likely N-dealkylation sites (N-methyl/N-ethyl adjacent to an activating group) is 1. The van der Waals surface area contributed by atoms with E-state index in [4.69, 9.17) is 4.74 Å². The molecule has 0 aliphatic rings. The Balaban J connectivity index is 2.39. The topological polar surface area (TPSA) is 56.1 Å².